The number of aryl methyl sites for hydroxylation is 2. The molecule has 0 atom stereocenters. The molecule has 0 aliphatic rings. The molecule has 5 heteroatoms. The zero-order valence-corrected chi connectivity index (χ0v) is 15.0. The van der Waals surface area contributed by atoms with Crippen molar-refractivity contribution in [3.05, 3.63) is 70.7 Å². The van der Waals surface area contributed by atoms with E-state index in [-0.39, 0.29) is 11.4 Å². The van der Waals surface area contributed by atoms with Crippen LogP contribution in [0.25, 0.3) is 0 Å². The summed E-state index contributed by atoms with van der Waals surface area (Å²) in [5, 5.41) is 0. The molecule has 3 nitrogen and oxygen atoms in total. The van der Waals surface area contributed by atoms with Crippen LogP contribution in [-0.4, -0.2) is 15.0 Å². The Kier molecular flexibility index (Phi) is 5.08. The minimum atomic E-state index is -3.63. The largest absolute Gasteiger partial charge is 0.264 e. The fourth-order valence-corrected chi connectivity index (χ4v) is 4.03. The van der Waals surface area contributed by atoms with Gasteiger partial charge >= 0.3 is 0 Å². The van der Waals surface area contributed by atoms with Gasteiger partial charge in [-0.1, -0.05) is 39.7 Å². The summed E-state index contributed by atoms with van der Waals surface area (Å²) in [7, 11) is -3.63. The second-order valence-electron chi connectivity index (χ2n) is 5.07. The lowest BCUT2D eigenvalue weighted by Crippen LogP contribution is -2.31. The molecule has 0 N–H and O–H groups in total. The highest BCUT2D eigenvalue weighted by molar-refractivity contribution is 9.10. The van der Waals surface area contributed by atoms with Crippen molar-refractivity contribution < 1.29 is 8.42 Å². The minimum absolute atomic E-state index is 0.225. The van der Waals surface area contributed by atoms with Crippen LogP contribution in [0.2, 0.25) is 0 Å². The van der Waals surface area contributed by atoms with Crippen LogP contribution in [0.4, 0.5) is 5.69 Å². The lowest BCUT2D eigenvalue weighted by molar-refractivity contribution is 0.592. The van der Waals surface area contributed by atoms with Crippen LogP contribution in [0.1, 0.15) is 11.1 Å². The molecule has 22 heavy (non-hydrogen) atoms. The lowest BCUT2D eigenvalue weighted by Gasteiger charge is -2.25. The Morgan fingerprint density at radius 2 is 1.77 bits per heavy atom. The molecular formula is C17H18BrNO2S. The van der Waals surface area contributed by atoms with E-state index in [0.717, 1.165) is 15.6 Å². The van der Waals surface area contributed by atoms with E-state index in [0.29, 0.717) is 5.69 Å². The molecule has 0 saturated heterocycles. The number of halogens is 1. The highest BCUT2D eigenvalue weighted by Gasteiger charge is 2.25. The molecule has 0 unspecified atom stereocenters. The van der Waals surface area contributed by atoms with Gasteiger partial charge in [-0.2, -0.15) is 0 Å². The van der Waals surface area contributed by atoms with Crippen molar-refractivity contribution in [3.63, 3.8) is 0 Å². The molecule has 0 bridgehead atoms. The van der Waals surface area contributed by atoms with Gasteiger partial charge in [0.25, 0.3) is 10.0 Å². The molecule has 116 valence electrons. The molecule has 0 aromatic heterocycles. The molecule has 0 aliphatic carbocycles. The summed E-state index contributed by atoms with van der Waals surface area (Å²) in [5.74, 6) is 0. The van der Waals surface area contributed by atoms with Crippen LogP contribution in [0, 0.1) is 13.8 Å². The molecule has 0 saturated carbocycles. The molecular weight excluding hydrogens is 362 g/mol. The quantitative estimate of drug-likeness (QED) is 0.719. The maximum Gasteiger partial charge on any atom is 0.264 e. The van der Waals surface area contributed by atoms with Gasteiger partial charge in [-0.15, -0.1) is 6.58 Å². The van der Waals surface area contributed by atoms with E-state index in [1.807, 2.05) is 32.0 Å². The Balaban J connectivity index is 2.55. The third-order valence-electron chi connectivity index (χ3n) is 3.32. The van der Waals surface area contributed by atoms with Gasteiger partial charge in [0, 0.05) is 4.47 Å². The number of nitrogens with zero attached hydrogens (tertiary/aromatic N) is 1. The van der Waals surface area contributed by atoms with Crippen LogP contribution in [0.3, 0.4) is 0 Å². The third kappa shape index (κ3) is 3.42. The normalized spacial score (nSPS) is 11.2. The molecule has 0 fully saturated rings. The Labute approximate surface area is 140 Å². The molecule has 2 rings (SSSR count). The van der Waals surface area contributed by atoms with Crippen molar-refractivity contribution in [1.29, 1.82) is 0 Å². The number of rotatable bonds is 5. The predicted molar refractivity (Wildman–Crippen MR) is 94.8 cm³/mol. The number of hydrogen-bond acceptors (Lipinski definition) is 2. The summed E-state index contributed by atoms with van der Waals surface area (Å²) in [6.07, 6.45) is 1.59. The molecule has 0 amide bonds. The summed E-state index contributed by atoms with van der Waals surface area (Å²) in [4.78, 5) is 0.262. The Bertz CT molecular complexity index is 783. The molecule has 0 spiro atoms. The fourth-order valence-electron chi connectivity index (χ4n) is 2.26. The van der Waals surface area contributed by atoms with Crippen molar-refractivity contribution in [2.45, 2.75) is 18.7 Å². The molecule has 0 radical (unpaired) electrons. The van der Waals surface area contributed by atoms with E-state index in [1.165, 1.54) is 4.31 Å². The third-order valence-corrected chi connectivity index (χ3v) is 5.64. The van der Waals surface area contributed by atoms with Gasteiger partial charge in [-0.25, -0.2) is 8.42 Å². The Morgan fingerprint density at radius 1 is 1.14 bits per heavy atom. The monoisotopic (exact) mass is 379 g/mol. The smallest absolute Gasteiger partial charge is 0.262 e. The first-order valence-electron chi connectivity index (χ1n) is 6.82. The molecule has 0 heterocycles. The zero-order chi connectivity index (χ0) is 16.3. The van der Waals surface area contributed by atoms with Crippen molar-refractivity contribution in [2.75, 3.05) is 10.8 Å². The number of anilines is 1. The standard InChI is InChI=1S/C17H18BrNO2S/c1-4-11-19(17-10-5-13(2)12-14(17)3)22(20,21)16-8-6-15(18)7-9-16/h4-10,12H,1,11H2,2-3H3. The van der Waals surface area contributed by atoms with Crippen molar-refractivity contribution in [2.24, 2.45) is 0 Å². The van der Waals surface area contributed by atoms with Crippen LogP contribution in [0.15, 0.2) is 64.5 Å². The number of sulfonamides is 1. The van der Waals surface area contributed by atoms with Crippen LogP contribution in [-0.2, 0) is 10.0 Å². The maximum absolute atomic E-state index is 12.9. The van der Waals surface area contributed by atoms with Gasteiger partial charge in [0.2, 0.25) is 0 Å². The molecule has 2 aromatic rings. The fraction of sp³-hybridized carbons (Fsp3) is 0.176. The maximum atomic E-state index is 12.9. The Hall–Kier alpha value is -1.59. The summed E-state index contributed by atoms with van der Waals surface area (Å²) in [6.45, 7) is 7.80. The second-order valence-corrected chi connectivity index (χ2v) is 7.85. The lowest BCUT2D eigenvalue weighted by atomic mass is 10.1. The number of hydrogen-bond donors (Lipinski definition) is 0. The van der Waals surface area contributed by atoms with Crippen molar-refractivity contribution in [3.8, 4) is 0 Å². The summed E-state index contributed by atoms with van der Waals surface area (Å²) >= 11 is 3.32. The highest BCUT2D eigenvalue weighted by atomic mass is 79.9. The van der Waals surface area contributed by atoms with Crippen LogP contribution >= 0.6 is 15.9 Å². The predicted octanol–water partition coefficient (Wildman–Crippen LogP) is 4.45. The van der Waals surface area contributed by atoms with Crippen LogP contribution in [0.5, 0.6) is 0 Å². The van der Waals surface area contributed by atoms with Crippen molar-refractivity contribution >= 4 is 31.6 Å². The van der Waals surface area contributed by atoms with Gasteiger partial charge in [0.05, 0.1) is 17.1 Å². The first-order chi connectivity index (χ1) is 10.4. The van der Waals surface area contributed by atoms with E-state index in [4.69, 9.17) is 0 Å². The number of benzene rings is 2. The van der Waals surface area contributed by atoms with Gasteiger partial charge in [-0.3, -0.25) is 4.31 Å². The topological polar surface area (TPSA) is 37.4 Å². The van der Waals surface area contributed by atoms with Crippen molar-refractivity contribution in [1.82, 2.24) is 0 Å². The SMILES string of the molecule is C=CCN(c1ccc(C)cc1C)S(=O)(=O)c1ccc(Br)cc1. The average Bonchev–Trinajstić information content (AvgIpc) is 2.46. The van der Waals surface area contributed by atoms with E-state index >= 15 is 0 Å². The zero-order valence-electron chi connectivity index (χ0n) is 12.6. The highest BCUT2D eigenvalue weighted by Crippen LogP contribution is 2.28. The summed E-state index contributed by atoms with van der Waals surface area (Å²) in [5.41, 5.74) is 2.69. The van der Waals surface area contributed by atoms with Gasteiger partial charge in [-0.05, 0) is 49.7 Å². The average molecular weight is 380 g/mol. The first-order valence-corrected chi connectivity index (χ1v) is 9.06. The first kappa shape index (κ1) is 16.8. The van der Waals surface area contributed by atoms with Gasteiger partial charge < -0.3 is 0 Å². The van der Waals surface area contributed by atoms with E-state index in [1.54, 1.807) is 30.3 Å². The van der Waals surface area contributed by atoms with Gasteiger partial charge in [0.1, 0.15) is 0 Å². The summed E-state index contributed by atoms with van der Waals surface area (Å²) < 4.78 is 28.1. The minimum Gasteiger partial charge on any atom is -0.262 e. The summed E-state index contributed by atoms with van der Waals surface area (Å²) in [6, 6.07) is 12.4. The Morgan fingerprint density at radius 3 is 2.32 bits per heavy atom. The van der Waals surface area contributed by atoms with E-state index < -0.39 is 10.0 Å². The van der Waals surface area contributed by atoms with Crippen LogP contribution < -0.4 is 4.31 Å². The molecule has 0 aliphatic heterocycles. The van der Waals surface area contributed by atoms with E-state index in [9.17, 15) is 8.42 Å². The van der Waals surface area contributed by atoms with Gasteiger partial charge in [0.15, 0.2) is 0 Å². The second kappa shape index (κ2) is 6.67. The molecule has 2 aromatic carbocycles. The van der Waals surface area contributed by atoms with E-state index in [2.05, 4.69) is 22.5 Å².